The Morgan fingerprint density at radius 2 is 1.25 bits per heavy atom. The molecule has 0 aliphatic heterocycles. The van der Waals surface area contributed by atoms with Crippen molar-refractivity contribution in [2.45, 2.75) is 52.6 Å². The molecule has 0 rings (SSSR count). The predicted octanol–water partition coefficient (Wildman–Crippen LogP) is 4.08. The quantitative estimate of drug-likeness (QED) is 0.602. The van der Waals surface area contributed by atoms with Gasteiger partial charge in [-0.15, -0.1) is 0 Å². The first kappa shape index (κ1) is 12.2. The molecule has 0 bridgehead atoms. The Morgan fingerprint density at radius 3 is 1.33 bits per heavy atom. The fourth-order valence-electron chi connectivity index (χ4n) is 1.94. The number of hydrogen-bond donors (Lipinski definition) is 0. The van der Waals surface area contributed by atoms with E-state index in [2.05, 4.69) is 52.3 Å². The van der Waals surface area contributed by atoms with Crippen molar-refractivity contribution in [3.63, 3.8) is 0 Å². The minimum absolute atomic E-state index is 1.02. The fraction of sp³-hybridized carbons (Fsp3) is 0.800. The number of hydrogen-bond acceptors (Lipinski definition) is 0. The van der Waals surface area contributed by atoms with Crippen molar-refractivity contribution in [3.8, 4) is 0 Å². The molecule has 0 aromatic heterocycles. The SMILES string of the molecule is CCC=C([Si](C)(C)C)[Si](C)(C)C. The molecule has 0 radical (unpaired) electrons. The topological polar surface area (TPSA) is 0 Å². The van der Waals surface area contributed by atoms with Gasteiger partial charge in [-0.25, -0.2) is 0 Å². The van der Waals surface area contributed by atoms with Crippen molar-refractivity contribution in [1.82, 2.24) is 0 Å². The van der Waals surface area contributed by atoms with Crippen LogP contribution in [0.1, 0.15) is 13.3 Å². The van der Waals surface area contributed by atoms with E-state index in [1.807, 2.05) is 4.82 Å². The maximum atomic E-state index is 2.50. The summed E-state index contributed by atoms with van der Waals surface area (Å²) in [5, 5.41) is 0. The second kappa shape index (κ2) is 3.92. The minimum atomic E-state index is -1.02. The lowest BCUT2D eigenvalue weighted by atomic mass is 10.5. The summed E-state index contributed by atoms with van der Waals surface area (Å²) in [7, 11) is -2.04. The van der Waals surface area contributed by atoms with Gasteiger partial charge in [-0.2, -0.15) is 0 Å². The molecule has 0 spiro atoms. The highest BCUT2D eigenvalue weighted by Crippen LogP contribution is 2.25. The van der Waals surface area contributed by atoms with Gasteiger partial charge in [0.25, 0.3) is 0 Å². The van der Waals surface area contributed by atoms with Crippen molar-refractivity contribution in [1.29, 1.82) is 0 Å². The fourth-order valence-corrected chi connectivity index (χ4v) is 12.6. The summed E-state index contributed by atoms with van der Waals surface area (Å²) in [4.78, 5) is 1.84. The smallest absolute Gasteiger partial charge is 0.0677 e. The van der Waals surface area contributed by atoms with E-state index >= 15 is 0 Å². The van der Waals surface area contributed by atoms with Crippen LogP contribution in [0.15, 0.2) is 10.9 Å². The molecule has 0 N–H and O–H groups in total. The van der Waals surface area contributed by atoms with Gasteiger partial charge in [0, 0.05) is 0 Å². The minimum Gasteiger partial charge on any atom is -0.0950 e. The van der Waals surface area contributed by atoms with Crippen LogP contribution in [0.25, 0.3) is 0 Å². The maximum absolute atomic E-state index is 2.50. The predicted molar refractivity (Wildman–Crippen MR) is 65.1 cm³/mol. The van der Waals surface area contributed by atoms with Crippen molar-refractivity contribution in [2.75, 3.05) is 0 Å². The van der Waals surface area contributed by atoms with E-state index in [0.29, 0.717) is 0 Å². The van der Waals surface area contributed by atoms with Gasteiger partial charge in [-0.05, 0) is 6.42 Å². The molecule has 2 heteroatoms. The lowest BCUT2D eigenvalue weighted by Crippen LogP contribution is -2.39. The summed E-state index contributed by atoms with van der Waals surface area (Å²) in [5.74, 6) is 0. The second-order valence-electron chi connectivity index (χ2n) is 5.53. The molecule has 72 valence electrons. The van der Waals surface area contributed by atoms with Gasteiger partial charge >= 0.3 is 0 Å². The molecule has 0 nitrogen and oxygen atoms in total. The molecule has 0 saturated carbocycles. The van der Waals surface area contributed by atoms with Crippen LogP contribution in [0.4, 0.5) is 0 Å². The highest BCUT2D eigenvalue weighted by Gasteiger charge is 2.29. The average molecular weight is 200 g/mol. The first-order valence-electron chi connectivity index (χ1n) is 4.90. The van der Waals surface area contributed by atoms with Gasteiger partial charge < -0.3 is 0 Å². The maximum Gasteiger partial charge on any atom is 0.0677 e. The van der Waals surface area contributed by atoms with E-state index < -0.39 is 16.1 Å². The zero-order valence-corrected chi connectivity index (χ0v) is 11.8. The second-order valence-corrected chi connectivity index (χ2v) is 16.1. The van der Waals surface area contributed by atoms with Crippen LogP contribution in [-0.2, 0) is 0 Å². The van der Waals surface area contributed by atoms with Gasteiger partial charge in [0.2, 0.25) is 0 Å². The third-order valence-corrected chi connectivity index (χ3v) is 10.2. The van der Waals surface area contributed by atoms with E-state index in [9.17, 15) is 0 Å². The van der Waals surface area contributed by atoms with Gasteiger partial charge in [0.05, 0.1) is 16.1 Å². The Labute approximate surface area is 80.1 Å². The largest absolute Gasteiger partial charge is 0.0950 e. The monoisotopic (exact) mass is 200 g/mol. The van der Waals surface area contributed by atoms with E-state index in [4.69, 9.17) is 0 Å². The molecular formula is C10H24Si2. The van der Waals surface area contributed by atoms with Crippen molar-refractivity contribution < 1.29 is 0 Å². The molecule has 12 heavy (non-hydrogen) atoms. The molecule has 0 aromatic rings. The molecule has 0 atom stereocenters. The highest BCUT2D eigenvalue weighted by molar-refractivity contribution is 7.04. The molecule has 0 fully saturated rings. The lowest BCUT2D eigenvalue weighted by Gasteiger charge is -2.31. The van der Waals surface area contributed by atoms with Gasteiger partial charge in [-0.3, -0.25) is 0 Å². The summed E-state index contributed by atoms with van der Waals surface area (Å²) < 4.78 is 0. The molecule has 0 aliphatic rings. The van der Waals surface area contributed by atoms with Crippen LogP contribution in [0.3, 0.4) is 0 Å². The Hall–Kier alpha value is 0.174. The average Bonchev–Trinajstić information content (AvgIpc) is 1.77. The summed E-state index contributed by atoms with van der Waals surface area (Å²) in [6, 6.07) is 0. The number of rotatable bonds is 3. The zero-order chi connectivity index (χ0) is 9.99. The van der Waals surface area contributed by atoms with Crippen molar-refractivity contribution in [2.24, 2.45) is 0 Å². The van der Waals surface area contributed by atoms with Crippen LogP contribution in [0.5, 0.6) is 0 Å². The summed E-state index contributed by atoms with van der Waals surface area (Å²) >= 11 is 0. The molecule has 0 amide bonds. The van der Waals surface area contributed by atoms with E-state index in [-0.39, 0.29) is 0 Å². The Balaban J connectivity index is 4.83. The molecule has 0 unspecified atom stereocenters. The third-order valence-electron chi connectivity index (χ3n) is 2.02. The standard InChI is InChI=1S/C10H24Si2/c1-8-9-10(11(2,3)4)12(5,6)7/h9H,8H2,1-7H3. The molecule has 0 saturated heterocycles. The molecule has 0 heterocycles. The normalized spacial score (nSPS) is 12.9. The van der Waals surface area contributed by atoms with Crippen molar-refractivity contribution in [3.05, 3.63) is 10.9 Å². The van der Waals surface area contributed by atoms with Crippen LogP contribution in [0, 0.1) is 0 Å². The number of allylic oxidation sites excluding steroid dienone is 1. The van der Waals surface area contributed by atoms with E-state index in [0.717, 1.165) is 0 Å². The first-order chi connectivity index (χ1) is 5.19. The van der Waals surface area contributed by atoms with E-state index in [1.54, 1.807) is 0 Å². The summed E-state index contributed by atoms with van der Waals surface area (Å²) in [6.07, 6.45) is 3.71. The van der Waals surface area contributed by atoms with Crippen LogP contribution >= 0.6 is 0 Å². The summed E-state index contributed by atoms with van der Waals surface area (Å²) in [6.45, 7) is 17.0. The molecule has 0 aliphatic carbocycles. The van der Waals surface area contributed by atoms with Crippen LogP contribution in [-0.4, -0.2) is 16.1 Å². The highest BCUT2D eigenvalue weighted by atomic mass is 28.4. The molecule has 0 aromatic carbocycles. The Kier molecular flexibility index (Phi) is 3.98. The van der Waals surface area contributed by atoms with Gasteiger partial charge in [0.15, 0.2) is 0 Å². The summed E-state index contributed by atoms with van der Waals surface area (Å²) in [5.41, 5.74) is 0. The van der Waals surface area contributed by atoms with E-state index in [1.165, 1.54) is 6.42 Å². The van der Waals surface area contributed by atoms with Crippen molar-refractivity contribution >= 4 is 16.1 Å². The third kappa shape index (κ3) is 3.72. The zero-order valence-electron chi connectivity index (χ0n) is 9.78. The van der Waals surface area contributed by atoms with Crippen LogP contribution in [0.2, 0.25) is 39.3 Å². The molecular weight excluding hydrogens is 176 g/mol. The Morgan fingerprint density at radius 1 is 0.917 bits per heavy atom. The lowest BCUT2D eigenvalue weighted by molar-refractivity contribution is 1.22. The van der Waals surface area contributed by atoms with Crippen LogP contribution < -0.4 is 0 Å². The van der Waals surface area contributed by atoms with Gasteiger partial charge in [0.1, 0.15) is 0 Å². The Bertz CT molecular complexity index is 151. The van der Waals surface area contributed by atoms with Gasteiger partial charge in [-0.1, -0.05) is 57.1 Å². The first-order valence-corrected chi connectivity index (χ1v) is 11.9.